The van der Waals surface area contributed by atoms with Crippen LogP contribution in [0.4, 0.5) is 5.69 Å². The number of rotatable bonds is 9. The summed E-state index contributed by atoms with van der Waals surface area (Å²) in [7, 11) is -3.36. The Kier molecular flexibility index (Phi) is 10.5. The van der Waals surface area contributed by atoms with Crippen molar-refractivity contribution >= 4 is 38.9 Å². The molecule has 2 fully saturated rings. The van der Waals surface area contributed by atoms with Gasteiger partial charge in [0.1, 0.15) is 0 Å². The highest BCUT2D eigenvalue weighted by Crippen LogP contribution is 2.29. The van der Waals surface area contributed by atoms with E-state index in [0.717, 1.165) is 42.9 Å². The molecule has 0 unspecified atom stereocenters. The van der Waals surface area contributed by atoms with Crippen LogP contribution in [-0.2, 0) is 19.4 Å². The van der Waals surface area contributed by atoms with Gasteiger partial charge in [-0.05, 0) is 100.0 Å². The molecule has 2 aliphatic rings. The summed E-state index contributed by atoms with van der Waals surface area (Å²) in [5.74, 6) is 0.380. The van der Waals surface area contributed by atoms with Gasteiger partial charge in [0.05, 0.1) is 10.1 Å². The Labute approximate surface area is 250 Å². The maximum atomic E-state index is 13.7. The summed E-state index contributed by atoms with van der Waals surface area (Å²) in [6, 6.07) is 13.1. The van der Waals surface area contributed by atoms with E-state index in [1.165, 1.54) is 0 Å². The highest BCUT2D eigenvalue weighted by Gasteiger charge is 2.32. The van der Waals surface area contributed by atoms with Crippen LogP contribution in [-0.4, -0.2) is 74.6 Å². The number of halogens is 1. The quantitative estimate of drug-likeness (QED) is 0.369. The Morgan fingerprint density at radius 1 is 0.976 bits per heavy atom. The van der Waals surface area contributed by atoms with Gasteiger partial charge in [-0.1, -0.05) is 43.6 Å². The number of hydrogen-bond donors (Lipinski definition) is 0. The molecule has 0 spiro atoms. The number of piperidine rings is 2. The van der Waals surface area contributed by atoms with Gasteiger partial charge < -0.3 is 14.7 Å². The van der Waals surface area contributed by atoms with E-state index in [9.17, 15) is 18.0 Å². The molecule has 0 bridgehead atoms. The lowest BCUT2D eigenvalue weighted by Crippen LogP contribution is -2.45. The summed E-state index contributed by atoms with van der Waals surface area (Å²) in [5, 5.41) is 0.270. The second-order valence-electron chi connectivity index (χ2n) is 11.9. The van der Waals surface area contributed by atoms with E-state index in [2.05, 4.69) is 18.7 Å². The van der Waals surface area contributed by atoms with Crippen molar-refractivity contribution in [3.05, 3.63) is 58.6 Å². The summed E-state index contributed by atoms with van der Waals surface area (Å²) in [6.07, 6.45) is 3.32. The molecule has 9 heteroatoms. The smallest absolute Gasteiger partial charge is 0.230 e. The van der Waals surface area contributed by atoms with Gasteiger partial charge in [-0.15, -0.1) is 0 Å². The normalized spacial score (nSPS) is 17.7. The standard InChI is InChI=1S/C32H44ClN3O4S/c1-23(2)26-7-10-29(11-8-26)41(39,40)30-14-18-34(19-15-30)16-5-17-36(28-9-6-24(3)31(33)22-28)32(38)27-12-20-35(21-13-27)25(4)37/h6-11,22-23,27,30H,5,12-21H2,1-4H3. The largest absolute Gasteiger partial charge is 0.343 e. The number of benzene rings is 2. The van der Waals surface area contributed by atoms with Crippen LogP contribution in [0.2, 0.25) is 5.02 Å². The number of amides is 2. The van der Waals surface area contributed by atoms with Crippen LogP contribution in [0.5, 0.6) is 0 Å². The van der Waals surface area contributed by atoms with Crippen molar-refractivity contribution in [1.29, 1.82) is 0 Å². The highest BCUT2D eigenvalue weighted by molar-refractivity contribution is 7.92. The van der Waals surface area contributed by atoms with Crippen LogP contribution in [0.1, 0.15) is 69.9 Å². The zero-order valence-electron chi connectivity index (χ0n) is 24.8. The van der Waals surface area contributed by atoms with E-state index < -0.39 is 9.84 Å². The molecule has 4 rings (SSSR count). The van der Waals surface area contributed by atoms with Gasteiger partial charge in [-0.3, -0.25) is 9.59 Å². The van der Waals surface area contributed by atoms with E-state index in [0.29, 0.717) is 61.2 Å². The molecule has 41 heavy (non-hydrogen) atoms. The average Bonchev–Trinajstić information content (AvgIpc) is 2.97. The fourth-order valence-electron chi connectivity index (χ4n) is 5.91. The lowest BCUT2D eigenvalue weighted by Gasteiger charge is -2.35. The lowest BCUT2D eigenvalue weighted by molar-refractivity contribution is -0.133. The second kappa shape index (κ2) is 13.7. The number of sulfone groups is 1. The SMILES string of the molecule is CC(=O)N1CCC(C(=O)N(CCCN2CCC(S(=O)(=O)c3ccc(C(C)C)cc3)CC2)c2ccc(C)c(Cl)c2)CC1. The Morgan fingerprint density at radius 3 is 2.17 bits per heavy atom. The van der Waals surface area contributed by atoms with Gasteiger partial charge in [0, 0.05) is 43.2 Å². The minimum absolute atomic E-state index is 0.0543. The Balaban J connectivity index is 1.34. The zero-order valence-corrected chi connectivity index (χ0v) is 26.4. The second-order valence-corrected chi connectivity index (χ2v) is 14.5. The van der Waals surface area contributed by atoms with Crippen molar-refractivity contribution in [3.63, 3.8) is 0 Å². The van der Waals surface area contributed by atoms with Crippen molar-refractivity contribution in [1.82, 2.24) is 9.80 Å². The van der Waals surface area contributed by atoms with E-state index in [1.54, 1.807) is 24.0 Å². The third-order valence-corrected chi connectivity index (χ3v) is 11.4. The van der Waals surface area contributed by atoms with Crippen LogP contribution in [0.25, 0.3) is 0 Å². The first kappa shape index (κ1) is 31.5. The first-order valence-electron chi connectivity index (χ1n) is 14.9. The van der Waals surface area contributed by atoms with Crippen molar-refractivity contribution in [3.8, 4) is 0 Å². The van der Waals surface area contributed by atoms with Crippen LogP contribution < -0.4 is 4.90 Å². The summed E-state index contributed by atoms with van der Waals surface area (Å²) < 4.78 is 26.5. The lowest BCUT2D eigenvalue weighted by atomic mass is 9.94. The predicted octanol–water partition coefficient (Wildman–Crippen LogP) is 5.69. The van der Waals surface area contributed by atoms with Crippen molar-refractivity contribution in [2.24, 2.45) is 5.92 Å². The molecule has 0 aliphatic carbocycles. The summed E-state index contributed by atoms with van der Waals surface area (Å²) >= 11 is 6.43. The summed E-state index contributed by atoms with van der Waals surface area (Å²) in [5.41, 5.74) is 2.90. The molecule has 2 saturated heterocycles. The van der Waals surface area contributed by atoms with E-state index in [-0.39, 0.29) is 23.0 Å². The van der Waals surface area contributed by atoms with E-state index >= 15 is 0 Å². The molecule has 0 aromatic heterocycles. The van der Waals surface area contributed by atoms with Gasteiger partial charge in [0.25, 0.3) is 0 Å². The van der Waals surface area contributed by atoms with Crippen molar-refractivity contribution in [2.75, 3.05) is 44.2 Å². The maximum Gasteiger partial charge on any atom is 0.230 e. The Morgan fingerprint density at radius 2 is 1.61 bits per heavy atom. The van der Waals surface area contributed by atoms with Crippen molar-refractivity contribution in [2.45, 2.75) is 75.9 Å². The zero-order chi connectivity index (χ0) is 29.7. The molecule has 0 radical (unpaired) electrons. The molecular formula is C32H44ClN3O4S. The van der Waals surface area contributed by atoms with Crippen LogP contribution >= 0.6 is 11.6 Å². The van der Waals surface area contributed by atoms with Gasteiger partial charge in [-0.25, -0.2) is 8.42 Å². The van der Waals surface area contributed by atoms with Gasteiger partial charge in [0.15, 0.2) is 9.84 Å². The maximum absolute atomic E-state index is 13.7. The van der Waals surface area contributed by atoms with E-state index in [1.807, 2.05) is 42.2 Å². The fourth-order valence-corrected chi connectivity index (χ4v) is 7.81. The van der Waals surface area contributed by atoms with Crippen LogP contribution in [0.3, 0.4) is 0 Å². The number of carbonyl (C=O) groups is 2. The first-order chi connectivity index (χ1) is 19.5. The molecule has 2 amide bonds. The Bertz CT molecular complexity index is 1310. The minimum atomic E-state index is -3.36. The number of aryl methyl sites for hydroxylation is 1. The minimum Gasteiger partial charge on any atom is -0.343 e. The predicted molar refractivity (Wildman–Crippen MR) is 165 cm³/mol. The van der Waals surface area contributed by atoms with Crippen LogP contribution in [0.15, 0.2) is 47.4 Å². The molecule has 2 aromatic rings. The van der Waals surface area contributed by atoms with Gasteiger partial charge in [-0.2, -0.15) is 0 Å². The molecule has 0 N–H and O–H groups in total. The van der Waals surface area contributed by atoms with Crippen molar-refractivity contribution < 1.29 is 18.0 Å². The molecule has 7 nitrogen and oxygen atoms in total. The number of hydrogen-bond acceptors (Lipinski definition) is 5. The number of nitrogens with zero attached hydrogens (tertiary/aromatic N) is 3. The molecular weight excluding hydrogens is 558 g/mol. The number of carbonyl (C=O) groups excluding carboxylic acids is 2. The molecule has 0 saturated carbocycles. The van der Waals surface area contributed by atoms with Gasteiger partial charge >= 0.3 is 0 Å². The van der Waals surface area contributed by atoms with Crippen LogP contribution in [0, 0.1) is 12.8 Å². The van der Waals surface area contributed by atoms with E-state index in [4.69, 9.17) is 11.6 Å². The third-order valence-electron chi connectivity index (χ3n) is 8.73. The molecule has 224 valence electrons. The summed E-state index contributed by atoms with van der Waals surface area (Å²) in [6.45, 7) is 11.7. The molecule has 2 aliphatic heterocycles. The number of likely N-dealkylation sites (tertiary alicyclic amines) is 2. The average molecular weight is 602 g/mol. The van der Waals surface area contributed by atoms with Gasteiger partial charge in [0.2, 0.25) is 11.8 Å². The number of anilines is 1. The Hall–Kier alpha value is -2.42. The molecule has 0 atom stereocenters. The molecule has 2 aromatic carbocycles. The summed E-state index contributed by atoms with van der Waals surface area (Å²) in [4.78, 5) is 31.8. The highest BCUT2D eigenvalue weighted by atomic mass is 35.5. The molecule has 2 heterocycles. The topological polar surface area (TPSA) is 78.0 Å². The third kappa shape index (κ3) is 7.70. The monoisotopic (exact) mass is 601 g/mol. The first-order valence-corrected chi connectivity index (χ1v) is 16.8. The fraction of sp³-hybridized carbons (Fsp3) is 0.562.